The summed E-state index contributed by atoms with van der Waals surface area (Å²) in [6.07, 6.45) is 8.35. The molecule has 5 heterocycles. The van der Waals surface area contributed by atoms with Crippen LogP contribution < -0.4 is 9.97 Å². The zero-order valence-electron chi connectivity index (χ0n) is 37.8. The minimum atomic E-state index is -1.73. The Morgan fingerprint density at radius 2 is 0.831 bits per heavy atom. The number of benzene rings is 2. The smallest absolute Gasteiger partial charge is 0.657 e. The Morgan fingerprint density at radius 1 is 0.458 bits per heavy atom. The first-order chi connectivity index (χ1) is 26.8. The van der Waals surface area contributed by atoms with Gasteiger partial charge in [0.05, 0.1) is 22.8 Å². The summed E-state index contributed by atoms with van der Waals surface area (Å²) >= 11 is 0. The molecule has 0 spiro atoms. The number of fused-ring (bicyclic) bond motifs is 8. The Balaban J connectivity index is 0.00000585. The predicted molar refractivity (Wildman–Crippen MR) is 253 cm³/mol. The first-order valence-electron chi connectivity index (χ1n) is 20.7. The molecule has 6 heteroatoms. The standard InChI is InChI=1S/C53H60N4Si.Ni/c1-50(2,3)35-26-33(27-36(30-35)51(4,5)6)48-44-19-17-40(55-44)32-39-16-18-42(54-39)41(24-25-58(13,14)15)43-20-21-45(56-43)49(47-23-22-46(48)57-47)34-28-37(52(7,8)9)31-38(29-34)53(10,11)12;/h16-23,26-32H,1-15H3;/q-2;+2. The number of hydrogen-bond donors (Lipinski definition) is 0. The van der Waals surface area contributed by atoms with Gasteiger partial charge in [0.1, 0.15) is 8.07 Å². The molecule has 2 aliphatic heterocycles. The maximum absolute atomic E-state index is 5.58. The van der Waals surface area contributed by atoms with E-state index in [0.29, 0.717) is 0 Å². The molecule has 0 saturated carbocycles. The molecule has 0 aliphatic carbocycles. The van der Waals surface area contributed by atoms with Crippen LogP contribution in [0.25, 0.3) is 68.6 Å². The summed E-state index contributed by atoms with van der Waals surface area (Å²) in [6, 6.07) is 24.8. The molecule has 0 amide bonds. The molecule has 59 heavy (non-hydrogen) atoms. The van der Waals surface area contributed by atoms with Gasteiger partial charge in [0, 0.05) is 5.56 Å². The van der Waals surface area contributed by atoms with Crippen LogP contribution in [0.3, 0.4) is 0 Å². The Hall–Kier alpha value is -4.69. The Labute approximate surface area is 364 Å². The molecule has 7 rings (SSSR count). The molecular formula is C53H60N4NiSi. The van der Waals surface area contributed by atoms with Gasteiger partial charge in [-0.2, -0.15) is 0 Å². The van der Waals surface area contributed by atoms with Crippen molar-refractivity contribution in [3.8, 4) is 33.7 Å². The van der Waals surface area contributed by atoms with Crippen molar-refractivity contribution >= 4 is 54.4 Å². The SMILES string of the molecule is CC(C)(C)c1cc(-c2c3nc(cc4nc(c(C#C[Si](C)(C)C)c5ccc([n-]5)c(-c5cc(C(C)(C)C)cc(C(C)(C)C)c5)c5ccc2[n-]5)C=C4)C=C3)cc(C(C)(C)C)c1.[Ni+2]. The Kier molecular flexibility index (Phi) is 11.5. The van der Waals surface area contributed by atoms with E-state index in [1.807, 2.05) is 0 Å². The van der Waals surface area contributed by atoms with Crippen LogP contribution in [0.15, 0.2) is 66.7 Å². The van der Waals surface area contributed by atoms with Gasteiger partial charge in [-0.05, 0) is 96.5 Å². The zero-order chi connectivity index (χ0) is 42.2. The van der Waals surface area contributed by atoms with Crippen molar-refractivity contribution in [3.05, 3.63) is 117 Å². The number of hydrogen-bond acceptors (Lipinski definition) is 2. The van der Waals surface area contributed by atoms with Crippen LogP contribution in [0.2, 0.25) is 19.6 Å². The number of aromatic nitrogens is 4. The number of nitrogens with zero attached hydrogens (tertiary/aromatic N) is 4. The minimum Gasteiger partial charge on any atom is -0.657 e. The summed E-state index contributed by atoms with van der Waals surface area (Å²) in [5, 5.41) is 0. The average Bonchev–Trinajstić information content (AvgIpc) is 3.93. The van der Waals surface area contributed by atoms with E-state index in [9.17, 15) is 0 Å². The van der Waals surface area contributed by atoms with Crippen LogP contribution in [0.4, 0.5) is 0 Å². The van der Waals surface area contributed by atoms with Gasteiger partial charge in [-0.1, -0.05) is 169 Å². The second kappa shape index (κ2) is 15.4. The fourth-order valence-corrected chi connectivity index (χ4v) is 7.77. The van der Waals surface area contributed by atoms with Crippen LogP contribution in [-0.2, 0) is 38.2 Å². The van der Waals surface area contributed by atoms with Crippen molar-refractivity contribution in [1.82, 2.24) is 19.9 Å². The number of rotatable bonds is 2. The van der Waals surface area contributed by atoms with Crippen molar-refractivity contribution in [2.75, 3.05) is 0 Å². The predicted octanol–water partition coefficient (Wildman–Crippen LogP) is 13.7. The third kappa shape index (κ3) is 9.54. The summed E-state index contributed by atoms with van der Waals surface area (Å²) in [4.78, 5) is 21.4. The summed E-state index contributed by atoms with van der Waals surface area (Å²) in [7, 11) is -1.73. The summed E-state index contributed by atoms with van der Waals surface area (Å²) < 4.78 is 0. The van der Waals surface area contributed by atoms with E-state index < -0.39 is 8.07 Å². The van der Waals surface area contributed by atoms with E-state index in [4.69, 9.17) is 19.9 Å². The molecule has 4 nitrogen and oxygen atoms in total. The van der Waals surface area contributed by atoms with Crippen LogP contribution in [0, 0.1) is 11.5 Å². The summed E-state index contributed by atoms with van der Waals surface area (Å²) in [5.41, 5.74) is 20.4. The fraction of sp³-hybridized carbons (Fsp3) is 0.358. The van der Waals surface area contributed by atoms with Crippen molar-refractivity contribution in [1.29, 1.82) is 0 Å². The van der Waals surface area contributed by atoms with Gasteiger partial charge in [-0.3, -0.25) is 0 Å². The van der Waals surface area contributed by atoms with Crippen LogP contribution in [0.1, 0.15) is 134 Å². The largest absolute Gasteiger partial charge is 2.00 e. The maximum atomic E-state index is 5.58. The van der Waals surface area contributed by atoms with Crippen LogP contribution in [0.5, 0.6) is 0 Å². The van der Waals surface area contributed by atoms with E-state index in [0.717, 1.165) is 72.7 Å². The topological polar surface area (TPSA) is 54.0 Å². The summed E-state index contributed by atoms with van der Waals surface area (Å²) in [6.45, 7) is 34.3. The molecule has 0 saturated heterocycles. The second-order valence-electron chi connectivity index (χ2n) is 21.3. The molecule has 0 radical (unpaired) electrons. The van der Waals surface area contributed by atoms with E-state index in [1.165, 1.54) is 22.3 Å². The molecule has 306 valence electrons. The van der Waals surface area contributed by atoms with Crippen molar-refractivity contribution in [2.24, 2.45) is 0 Å². The molecule has 0 atom stereocenters. The maximum Gasteiger partial charge on any atom is 2.00 e. The molecule has 2 aromatic carbocycles. The van der Waals surface area contributed by atoms with E-state index in [-0.39, 0.29) is 38.2 Å². The average molecular weight is 840 g/mol. The van der Waals surface area contributed by atoms with Crippen molar-refractivity contribution in [3.63, 3.8) is 0 Å². The van der Waals surface area contributed by atoms with Gasteiger partial charge >= 0.3 is 16.5 Å². The molecule has 5 aromatic rings. The first-order valence-corrected chi connectivity index (χ1v) is 24.2. The van der Waals surface area contributed by atoms with E-state index in [1.54, 1.807) is 0 Å². The molecule has 8 bridgehead atoms. The molecular weight excluding hydrogens is 779 g/mol. The fourth-order valence-electron chi connectivity index (χ4n) is 7.27. The zero-order valence-corrected chi connectivity index (χ0v) is 39.8. The van der Waals surface area contributed by atoms with E-state index in [2.05, 4.69) is 205 Å². The van der Waals surface area contributed by atoms with Crippen LogP contribution >= 0.6 is 0 Å². The van der Waals surface area contributed by atoms with Gasteiger partial charge in [0.25, 0.3) is 0 Å². The summed E-state index contributed by atoms with van der Waals surface area (Å²) in [5.74, 6) is 3.57. The van der Waals surface area contributed by atoms with Crippen molar-refractivity contribution in [2.45, 2.75) is 124 Å². The molecule has 0 fully saturated rings. The molecule has 2 aliphatic rings. The van der Waals surface area contributed by atoms with Gasteiger partial charge in [0.15, 0.2) is 0 Å². The Bertz CT molecular complexity index is 2680. The monoisotopic (exact) mass is 838 g/mol. The molecule has 0 unspecified atom stereocenters. The third-order valence-corrected chi connectivity index (χ3v) is 11.8. The molecule has 0 N–H and O–H groups in total. The van der Waals surface area contributed by atoms with E-state index >= 15 is 0 Å². The van der Waals surface area contributed by atoms with Gasteiger partial charge in [-0.15, -0.1) is 27.6 Å². The quantitative estimate of drug-likeness (QED) is 0.129. The second-order valence-corrected chi connectivity index (χ2v) is 26.1. The molecule has 3 aromatic heterocycles. The van der Waals surface area contributed by atoms with Gasteiger partial charge in [0.2, 0.25) is 0 Å². The van der Waals surface area contributed by atoms with Crippen LogP contribution in [-0.4, -0.2) is 18.0 Å². The van der Waals surface area contributed by atoms with Crippen molar-refractivity contribution < 1.29 is 16.5 Å². The normalized spacial score (nSPS) is 13.3. The third-order valence-electron chi connectivity index (χ3n) is 10.9. The van der Waals surface area contributed by atoms with Gasteiger partial charge < -0.3 is 9.97 Å². The first kappa shape index (κ1) is 43.9. The minimum absolute atomic E-state index is 0. The Morgan fingerprint density at radius 3 is 1.27 bits per heavy atom. The van der Waals surface area contributed by atoms with Gasteiger partial charge in [-0.25, -0.2) is 9.97 Å².